The maximum absolute atomic E-state index is 12.9. The Kier molecular flexibility index (Phi) is 7.12. The first-order valence-electron chi connectivity index (χ1n) is 11.1. The molecule has 1 N–H and O–H groups in total. The predicted molar refractivity (Wildman–Crippen MR) is 124 cm³/mol. The molecule has 3 heterocycles. The van der Waals surface area contributed by atoms with Crippen LogP contribution in [0.3, 0.4) is 0 Å². The molecule has 166 valence electrons. The average Bonchev–Trinajstić information content (AvgIpc) is 3.33. The summed E-state index contributed by atoms with van der Waals surface area (Å²) < 4.78 is 11.5. The number of aromatic nitrogens is 2. The molecule has 0 bridgehead atoms. The number of ether oxygens (including phenoxy) is 2. The zero-order chi connectivity index (χ0) is 22.3. The van der Waals surface area contributed by atoms with Crippen LogP contribution in [0.2, 0.25) is 0 Å². The van der Waals surface area contributed by atoms with Gasteiger partial charge < -0.3 is 14.8 Å². The van der Waals surface area contributed by atoms with Gasteiger partial charge in [0.15, 0.2) is 0 Å². The van der Waals surface area contributed by atoms with Crippen molar-refractivity contribution in [2.24, 2.45) is 5.92 Å². The average molecular weight is 432 g/mol. The molecule has 1 saturated heterocycles. The lowest BCUT2D eigenvalue weighted by atomic mass is 10.1. The summed E-state index contributed by atoms with van der Waals surface area (Å²) in [5, 5.41) is 3.01. The molecule has 0 radical (unpaired) electrons. The van der Waals surface area contributed by atoms with E-state index in [9.17, 15) is 4.79 Å². The van der Waals surface area contributed by atoms with E-state index in [-0.39, 0.29) is 5.91 Å². The highest BCUT2D eigenvalue weighted by molar-refractivity contribution is 5.96. The Hall–Kier alpha value is -3.25. The molecule has 3 aromatic rings. The number of rotatable bonds is 8. The van der Waals surface area contributed by atoms with Crippen LogP contribution in [0.15, 0.2) is 54.9 Å². The SMILES string of the molecule is Cc1ccc(-c2cc(OCC3CCOC3)cc(C(=O)NCCc3ccc(C)nc3)c2)nc1. The molecule has 1 atom stereocenters. The molecule has 0 saturated carbocycles. The molecule has 0 aliphatic carbocycles. The Balaban J connectivity index is 1.48. The van der Waals surface area contributed by atoms with Gasteiger partial charge in [-0.1, -0.05) is 12.1 Å². The van der Waals surface area contributed by atoms with Crippen LogP contribution < -0.4 is 10.1 Å². The summed E-state index contributed by atoms with van der Waals surface area (Å²) in [7, 11) is 0. The Morgan fingerprint density at radius 3 is 2.75 bits per heavy atom. The maximum atomic E-state index is 12.9. The highest BCUT2D eigenvalue weighted by Crippen LogP contribution is 2.26. The number of hydrogen-bond donors (Lipinski definition) is 1. The fourth-order valence-corrected chi connectivity index (χ4v) is 3.60. The minimum atomic E-state index is -0.131. The highest BCUT2D eigenvalue weighted by Gasteiger charge is 2.17. The zero-order valence-corrected chi connectivity index (χ0v) is 18.6. The topological polar surface area (TPSA) is 73.3 Å². The van der Waals surface area contributed by atoms with Gasteiger partial charge in [0, 0.05) is 48.3 Å². The van der Waals surface area contributed by atoms with Gasteiger partial charge in [0.25, 0.3) is 5.91 Å². The van der Waals surface area contributed by atoms with E-state index in [2.05, 4.69) is 15.3 Å². The number of nitrogens with one attached hydrogen (secondary N) is 1. The number of amides is 1. The van der Waals surface area contributed by atoms with Crippen LogP contribution in [-0.4, -0.2) is 42.2 Å². The van der Waals surface area contributed by atoms with E-state index in [0.29, 0.717) is 30.4 Å². The molecule has 1 unspecified atom stereocenters. The lowest BCUT2D eigenvalue weighted by molar-refractivity contribution is 0.0953. The van der Waals surface area contributed by atoms with Gasteiger partial charge in [0.1, 0.15) is 5.75 Å². The molecule has 1 amide bonds. The summed E-state index contributed by atoms with van der Waals surface area (Å²) in [5.74, 6) is 0.925. The van der Waals surface area contributed by atoms with E-state index in [1.165, 1.54) is 0 Å². The number of carbonyl (C=O) groups is 1. The van der Waals surface area contributed by atoms with Crippen LogP contribution in [-0.2, 0) is 11.2 Å². The molecule has 1 aliphatic rings. The van der Waals surface area contributed by atoms with Gasteiger partial charge in [0.2, 0.25) is 0 Å². The third kappa shape index (κ3) is 5.92. The van der Waals surface area contributed by atoms with Gasteiger partial charge in [-0.05, 0) is 68.1 Å². The van der Waals surface area contributed by atoms with Gasteiger partial charge in [-0.3, -0.25) is 14.8 Å². The molecule has 0 spiro atoms. The second kappa shape index (κ2) is 10.4. The van der Waals surface area contributed by atoms with Crippen molar-refractivity contribution >= 4 is 5.91 Å². The van der Waals surface area contributed by atoms with Crippen molar-refractivity contribution in [3.8, 4) is 17.0 Å². The lowest BCUT2D eigenvalue weighted by Crippen LogP contribution is -2.26. The number of nitrogens with zero attached hydrogens (tertiary/aromatic N) is 2. The summed E-state index contributed by atoms with van der Waals surface area (Å²) in [5.41, 5.74) is 5.39. The Morgan fingerprint density at radius 1 is 1.12 bits per heavy atom. The van der Waals surface area contributed by atoms with Crippen LogP contribution >= 0.6 is 0 Å². The summed E-state index contributed by atoms with van der Waals surface area (Å²) in [6.45, 7) is 6.58. The third-order valence-corrected chi connectivity index (χ3v) is 5.56. The van der Waals surface area contributed by atoms with E-state index < -0.39 is 0 Å². The summed E-state index contributed by atoms with van der Waals surface area (Å²) >= 11 is 0. The molecule has 6 heteroatoms. The number of pyridine rings is 2. The Labute approximate surface area is 189 Å². The molecule has 1 aliphatic heterocycles. The minimum absolute atomic E-state index is 0.131. The van der Waals surface area contributed by atoms with E-state index in [0.717, 1.165) is 54.1 Å². The monoisotopic (exact) mass is 431 g/mol. The molecule has 1 aromatic carbocycles. The fourth-order valence-electron chi connectivity index (χ4n) is 3.60. The Bertz CT molecular complexity index is 1040. The first-order chi connectivity index (χ1) is 15.6. The van der Waals surface area contributed by atoms with Gasteiger partial charge in [-0.25, -0.2) is 0 Å². The largest absolute Gasteiger partial charge is 0.493 e. The summed E-state index contributed by atoms with van der Waals surface area (Å²) in [6.07, 6.45) is 5.40. The minimum Gasteiger partial charge on any atom is -0.493 e. The molecule has 1 fully saturated rings. The van der Waals surface area contributed by atoms with Crippen molar-refractivity contribution in [2.75, 3.05) is 26.4 Å². The molecule has 2 aromatic heterocycles. The van der Waals surface area contributed by atoms with Crippen molar-refractivity contribution in [3.63, 3.8) is 0 Å². The normalized spacial score (nSPS) is 15.5. The highest BCUT2D eigenvalue weighted by atomic mass is 16.5. The number of hydrogen-bond acceptors (Lipinski definition) is 5. The van der Waals surface area contributed by atoms with Crippen molar-refractivity contribution in [3.05, 3.63) is 77.2 Å². The molecular weight excluding hydrogens is 402 g/mol. The van der Waals surface area contributed by atoms with E-state index in [1.807, 2.05) is 62.6 Å². The van der Waals surface area contributed by atoms with Crippen molar-refractivity contribution in [1.29, 1.82) is 0 Å². The van der Waals surface area contributed by atoms with Crippen LogP contribution in [0.25, 0.3) is 11.3 Å². The quantitative estimate of drug-likeness (QED) is 0.580. The predicted octanol–water partition coefficient (Wildman–Crippen LogP) is 4.15. The first-order valence-corrected chi connectivity index (χ1v) is 11.1. The van der Waals surface area contributed by atoms with Gasteiger partial charge in [-0.15, -0.1) is 0 Å². The van der Waals surface area contributed by atoms with Gasteiger partial charge in [-0.2, -0.15) is 0 Å². The summed E-state index contributed by atoms with van der Waals surface area (Å²) in [4.78, 5) is 21.7. The third-order valence-electron chi connectivity index (χ3n) is 5.56. The van der Waals surface area contributed by atoms with Crippen molar-refractivity contribution in [2.45, 2.75) is 26.7 Å². The smallest absolute Gasteiger partial charge is 0.251 e. The molecular formula is C26H29N3O3. The zero-order valence-electron chi connectivity index (χ0n) is 18.6. The van der Waals surface area contributed by atoms with Gasteiger partial charge >= 0.3 is 0 Å². The second-order valence-electron chi connectivity index (χ2n) is 8.32. The molecule has 6 nitrogen and oxygen atoms in total. The van der Waals surface area contributed by atoms with E-state index in [1.54, 1.807) is 6.07 Å². The van der Waals surface area contributed by atoms with E-state index >= 15 is 0 Å². The molecule has 4 rings (SSSR count). The van der Waals surface area contributed by atoms with E-state index in [4.69, 9.17) is 9.47 Å². The lowest BCUT2D eigenvalue weighted by Gasteiger charge is -2.14. The second-order valence-corrected chi connectivity index (χ2v) is 8.32. The van der Waals surface area contributed by atoms with Crippen LogP contribution in [0.4, 0.5) is 0 Å². The molecule has 32 heavy (non-hydrogen) atoms. The maximum Gasteiger partial charge on any atom is 0.251 e. The number of benzene rings is 1. The number of carbonyl (C=O) groups excluding carboxylic acids is 1. The van der Waals surface area contributed by atoms with Crippen LogP contribution in [0, 0.1) is 19.8 Å². The number of aryl methyl sites for hydroxylation is 2. The Morgan fingerprint density at radius 2 is 2.03 bits per heavy atom. The van der Waals surface area contributed by atoms with Gasteiger partial charge in [0.05, 0.1) is 18.9 Å². The fraction of sp³-hybridized carbons (Fsp3) is 0.346. The van der Waals surface area contributed by atoms with Crippen LogP contribution in [0.1, 0.15) is 33.6 Å². The standard InChI is InChI=1S/C26H29N3O3/c1-18-3-6-25(29-14-18)22-11-23(13-24(12-22)32-17-21-8-10-31-16-21)26(30)27-9-7-20-5-4-19(2)28-15-20/h3-6,11-15,21H,7-10,16-17H2,1-2H3,(H,27,30). The first kappa shape index (κ1) is 22.0. The van der Waals surface area contributed by atoms with Crippen LogP contribution in [0.5, 0.6) is 5.75 Å². The van der Waals surface area contributed by atoms with Crippen molar-refractivity contribution < 1.29 is 14.3 Å². The summed E-state index contributed by atoms with van der Waals surface area (Å²) in [6, 6.07) is 13.6. The van der Waals surface area contributed by atoms with Crippen molar-refractivity contribution in [1.82, 2.24) is 15.3 Å².